The summed E-state index contributed by atoms with van der Waals surface area (Å²) in [6.45, 7) is 6.81. The first kappa shape index (κ1) is 19.5. The van der Waals surface area contributed by atoms with Crippen molar-refractivity contribution in [1.82, 2.24) is 15.1 Å². The lowest BCUT2D eigenvalue weighted by Gasteiger charge is -2.36. The number of halogens is 1. The molecule has 0 amide bonds. The summed E-state index contributed by atoms with van der Waals surface area (Å²) in [6.07, 6.45) is 3.84. The molecule has 1 aromatic heterocycles. The van der Waals surface area contributed by atoms with E-state index in [4.69, 9.17) is 0 Å². The molecular weight excluding hydrogens is 365 g/mol. The Morgan fingerprint density at radius 2 is 2.00 bits per heavy atom. The van der Waals surface area contributed by atoms with Gasteiger partial charge in [-0.3, -0.25) is 4.79 Å². The predicted octanol–water partition coefficient (Wildman–Crippen LogP) is 5.02. The molecule has 4 nitrogen and oxygen atoms in total. The van der Waals surface area contributed by atoms with Crippen molar-refractivity contribution in [2.24, 2.45) is 5.41 Å². The van der Waals surface area contributed by atoms with Crippen LogP contribution in [0.15, 0.2) is 54.7 Å². The van der Waals surface area contributed by atoms with Gasteiger partial charge in [-0.05, 0) is 61.1 Å². The van der Waals surface area contributed by atoms with Crippen molar-refractivity contribution in [3.63, 3.8) is 0 Å². The first-order valence-corrected chi connectivity index (χ1v) is 9.98. The first-order valence-electron chi connectivity index (χ1n) is 9.98. The number of carbonyl (C=O) groups excluding carboxylic acids is 1. The molecular formula is C24H26FN3O. The molecule has 1 atom stereocenters. The number of Topliss-reactive ketones (excluding diaryl/α,β-unsaturated/α-hetero) is 1. The minimum absolute atomic E-state index is 0.0773. The van der Waals surface area contributed by atoms with Crippen LogP contribution in [-0.4, -0.2) is 15.6 Å². The average Bonchev–Trinajstić information content (AvgIpc) is 3.09. The third kappa shape index (κ3) is 4.15. The molecule has 29 heavy (non-hydrogen) atoms. The van der Waals surface area contributed by atoms with Crippen LogP contribution in [0, 0.1) is 11.2 Å². The Balaban J connectivity index is 1.60. The second-order valence-electron chi connectivity index (χ2n) is 8.67. The molecule has 5 heteroatoms. The summed E-state index contributed by atoms with van der Waals surface area (Å²) in [5, 5.41) is 8.28. The van der Waals surface area contributed by atoms with E-state index in [-0.39, 0.29) is 23.1 Å². The van der Waals surface area contributed by atoms with Gasteiger partial charge in [-0.1, -0.05) is 32.0 Å². The predicted molar refractivity (Wildman–Crippen MR) is 112 cm³/mol. The van der Waals surface area contributed by atoms with E-state index in [2.05, 4.69) is 24.3 Å². The number of hydrogen-bond donors (Lipinski definition) is 1. The van der Waals surface area contributed by atoms with E-state index in [1.54, 1.807) is 19.1 Å². The molecule has 0 unspecified atom stereocenters. The highest BCUT2D eigenvalue weighted by Crippen LogP contribution is 2.41. The quantitative estimate of drug-likeness (QED) is 0.622. The van der Waals surface area contributed by atoms with E-state index in [1.807, 2.05) is 35.1 Å². The van der Waals surface area contributed by atoms with Crippen LogP contribution < -0.4 is 5.32 Å². The summed E-state index contributed by atoms with van der Waals surface area (Å²) in [7, 11) is 0. The van der Waals surface area contributed by atoms with Crippen LogP contribution in [0.3, 0.4) is 0 Å². The van der Waals surface area contributed by atoms with Gasteiger partial charge < -0.3 is 5.32 Å². The van der Waals surface area contributed by atoms with Crippen molar-refractivity contribution in [2.45, 2.75) is 46.2 Å². The van der Waals surface area contributed by atoms with E-state index in [1.165, 1.54) is 23.4 Å². The number of carbonyl (C=O) groups is 1. The van der Waals surface area contributed by atoms with E-state index in [9.17, 15) is 9.18 Å². The first-order chi connectivity index (χ1) is 13.8. The Kier molecular flexibility index (Phi) is 5.09. The smallest absolute Gasteiger partial charge is 0.159 e. The van der Waals surface area contributed by atoms with Crippen LogP contribution in [-0.2, 0) is 13.0 Å². The van der Waals surface area contributed by atoms with Gasteiger partial charge in [-0.15, -0.1) is 0 Å². The van der Waals surface area contributed by atoms with Gasteiger partial charge in [0.15, 0.2) is 5.78 Å². The van der Waals surface area contributed by atoms with Gasteiger partial charge in [0.2, 0.25) is 0 Å². The zero-order chi connectivity index (χ0) is 20.6. The Morgan fingerprint density at radius 1 is 1.24 bits per heavy atom. The van der Waals surface area contributed by atoms with Crippen LogP contribution in [0.25, 0.3) is 5.69 Å². The molecule has 0 aliphatic heterocycles. The minimum atomic E-state index is -0.248. The largest absolute Gasteiger partial charge is 0.306 e. The fourth-order valence-electron chi connectivity index (χ4n) is 4.17. The Bertz CT molecular complexity index is 1040. The van der Waals surface area contributed by atoms with Crippen molar-refractivity contribution < 1.29 is 9.18 Å². The van der Waals surface area contributed by atoms with E-state index in [0.29, 0.717) is 6.54 Å². The number of ketones is 1. The fourth-order valence-corrected chi connectivity index (χ4v) is 4.17. The standard InChI is InChI=1S/C24H26FN3O/c1-16(29)18-6-4-5-17(11-18)14-26-22-12-24(2,3)13-23-21(22)15-27-28(23)20-9-7-19(25)8-10-20/h4-11,15,22,26H,12-14H2,1-3H3/t22-/m0/s1. The Hall–Kier alpha value is -2.79. The zero-order valence-electron chi connectivity index (χ0n) is 17.1. The van der Waals surface area contributed by atoms with Crippen molar-refractivity contribution in [3.05, 3.63) is 82.9 Å². The van der Waals surface area contributed by atoms with Gasteiger partial charge in [0.05, 0.1) is 11.9 Å². The summed E-state index contributed by atoms with van der Waals surface area (Å²) >= 11 is 0. The molecule has 0 bridgehead atoms. The Labute approximate surface area is 170 Å². The van der Waals surface area contributed by atoms with Crippen LogP contribution in [0.5, 0.6) is 0 Å². The van der Waals surface area contributed by atoms with Crippen molar-refractivity contribution in [2.75, 3.05) is 0 Å². The fraction of sp³-hybridized carbons (Fsp3) is 0.333. The number of nitrogens with one attached hydrogen (secondary N) is 1. The molecule has 0 spiro atoms. The third-order valence-corrected chi connectivity index (χ3v) is 5.64. The minimum Gasteiger partial charge on any atom is -0.306 e. The number of benzene rings is 2. The van der Waals surface area contributed by atoms with Crippen LogP contribution >= 0.6 is 0 Å². The lowest BCUT2D eigenvalue weighted by Crippen LogP contribution is -2.33. The van der Waals surface area contributed by atoms with E-state index < -0.39 is 0 Å². The van der Waals surface area contributed by atoms with Crippen molar-refractivity contribution >= 4 is 5.78 Å². The summed E-state index contributed by atoms with van der Waals surface area (Å²) in [6, 6.07) is 14.4. The molecule has 1 aliphatic carbocycles. The average molecular weight is 391 g/mol. The second-order valence-corrected chi connectivity index (χ2v) is 8.67. The molecule has 0 fully saturated rings. The maximum Gasteiger partial charge on any atom is 0.159 e. The molecule has 3 aromatic rings. The number of fused-ring (bicyclic) bond motifs is 1. The molecule has 150 valence electrons. The lowest BCUT2D eigenvalue weighted by atomic mass is 9.74. The molecule has 4 rings (SSSR count). The normalized spacial score (nSPS) is 17.7. The van der Waals surface area contributed by atoms with Crippen LogP contribution in [0.2, 0.25) is 0 Å². The maximum absolute atomic E-state index is 13.3. The number of aromatic nitrogens is 2. The monoisotopic (exact) mass is 391 g/mol. The van der Waals surface area contributed by atoms with Gasteiger partial charge in [0.25, 0.3) is 0 Å². The van der Waals surface area contributed by atoms with Gasteiger partial charge in [0.1, 0.15) is 5.82 Å². The van der Waals surface area contributed by atoms with E-state index >= 15 is 0 Å². The lowest BCUT2D eigenvalue weighted by molar-refractivity contribution is 0.101. The van der Waals surface area contributed by atoms with Gasteiger partial charge in [-0.25, -0.2) is 9.07 Å². The number of nitrogens with zero attached hydrogens (tertiary/aromatic N) is 2. The zero-order valence-corrected chi connectivity index (χ0v) is 17.1. The van der Waals surface area contributed by atoms with Crippen LogP contribution in [0.1, 0.15) is 60.4 Å². The molecule has 0 radical (unpaired) electrons. The number of rotatable bonds is 5. The van der Waals surface area contributed by atoms with Gasteiger partial charge in [-0.2, -0.15) is 5.10 Å². The maximum atomic E-state index is 13.3. The summed E-state index contributed by atoms with van der Waals surface area (Å²) in [4.78, 5) is 11.7. The molecule has 1 aliphatic rings. The topological polar surface area (TPSA) is 46.9 Å². The summed E-state index contributed by atoms with van der Waals surface area (Å²) < 4.78 is 15.3. The molecule has 1 N–H and O–H groups in total. The SMILES string of the molecule is CC(=O)c1cccc(CN[C@H]2CC(C)(C)Cc3c2cnn3-c2ccc(F)cc2)c1. The number of hydrogen-bond acceptors (Lipinski definition) is 3. The molecule has 1 heterocycles. The summed E-state index contributed by atoms with van der Waals surface area (Å²) in [5.41, 5.74) is 5.17. The second kappa shape index (κ2) is 7.56. The van der Waals surface area contributed by atoms with Gasteiger partial charge in [0, 0.05) is 29.4 Å². The molecule has 0 saturated heterocycles. The highest BCUT2D eigenvalue weighted by Gasteiger charge is 2.35. The molecule has 2 aromatic carbocycles. The Morgan fingerprint density at radius 3 is 2.72 bits per heavy atom. The van der Waals surface area contributed by atoms with Crippen molar-refractivity contribution in [3.8, 4) is 5.69 Å². The van der Waals surface area contributed by atoms with Gasteiger partial charge >= 0.3 is 0 Å². The summed E-state index contributed by atoms with van der Waals surface area (Å²) in [5.74, 6) is -0.170. The highest BCUT2D eigenvalue weighted by molar-refractivity contribution is 5.94. The third-order valence-electron chi connectivity index (χ3n) is 5.64. The molecule has 0 saturated carbocycles. The van der Waals surface area contributed by atoms with Crippen molar-refractivity contribution in [1.29, 1.82) is 0 Å². The van der Waals surface area contributed by atoms with E-state index in [0.717, 1.165) is 29.7 Å². The van der Waals surface area contributed by atoms with Crippen LogP contribution in [0.4, 0.5) is 4.39 Å². The highest BCUT2D eigenvalue weighted by atomic mass is 19.1.